The molecule has 2 rings (SSSR count). The quantitative estimate of drug-likeness (QED) is 0.700. The number of allylic oxidation sites excluding steroid dienone is 4. The van der Waals surface area contributed by atoms with E-state index in [1.54, 1.807) is 7.11 Å². The molecule has 0 aromatic carbocycles. The van der Waals surface area contributed by atoms with Crippen molar-refractivity contribution in [1.82, 2.24) is 0 Å². The lowest BCUT2D eigenvalue weighted by atomic mass is 9.92. The van der Waals surface area contributed by atoms with Crippen LogP contribution in [0.3, 0.4) is 0 Å². The smallest absolute Gasteiger partial charge is 0.0649 e. The van der Waals surface area contributed by atoms with Gasteiger partial charge in [-0.2, -0.15) is 0 Å². The first-order valence-corrected chi connectivity index (χ1v) is 7.21. The lowest BCUT2D eigenvalue weighted by Gasteiger charge is -2.13. The third-order valence-corrected chi connectivity index (χ3v) is 4.34. The molecule has 0 aromatic rings. The third kappa shape index (κ3) is 3.24. The van der Waals surface area contributed by atoms with Crippen LogP contribution in [0.15, 0.2) is 39.9 Å². The second kappa shape index (κ2) is 6.33. The number of methoxy groups -OCH3 is 1. The molecule has 1 fully saturated rings. The summed E-state index contributed by atoms with van der Waals surface area (Å²) in [5.74, 6) is 1.42. The Bertz CT molecular complexity index is 442. The van der Waals surface area contributed by atoms with Crippen LogP contribution >= 0.6 is 0 Å². The highest BCUT2D eigenvalue weighted by Crippen LogP contribution is 2.41. The van der Waals surface area contributed by atoms with E-state index in [0.29, 0.717) is 18.6 Å². The Labute approximate surface area is 117 Å². The molecule has 0 N–H and O–H groups in total. The summed E-state index contributed by atoms with van der Waals surface area (Å²) < 4.78 is 5.04. The van der Waals surface area contributed by atoms with Gasteiger partial charge in [0.15, 0.2) is 0 Å². The average Bonchev–Trinajstić information content (AvgIpc) is 2.97. The molecule has 0 spiro atoms. The number of nitrogens with zero attached hydrogens (tertiary/aromatic N) is 1. The van der Waals surface area contributed by atoms with E-state index in [1.165, 1.54) is 29.6 Å². The highest BCUT2D eigenvalue weighted by atomic mass is 16.5. The Hall–Kier alpha value is -1.15. The van der Waals surface area contributed by atoms with Crippen molar-refractivity contribution in [3.05, 3.63) is 34.9 Å². The Kier molecular flexibility index (Phi) is 4.76. The van der Waals surface area contributed by atoms with Gasteiger partial charge in [0.2, 0.25) is 0 Å². The number of hydrogen-bond acceptors (Lipinski definition) is 2. The molecule has 2 heteroatoms. The molecule has 1 saturated carbocycles. The Morgan fingerprint density at radius 1 is 1.37 bits per heavy atom. The second-order valence-corrected chi connectivity index (χ2v) is 5.81. The van der Waals surface area contributed by atoms with E-state index in [1.807, 2.05) is 0 Å². The fraction of sp³-hybridized carbons (Fsp3) is 0.588. The van der Waals surface area contributed by atoms with Gasteiger partial charge in [-0.25, -0.2) is 0 Å². The van der Waals surface area contributed by atoms with Crippen LogP contribution in [-0.4, -0.2) is 26.0 Å². The second-order valence-electron chi connectivity index (χ2n) is 5.81. The number of fused-ring (bicyclic) bond motifs is 1. The number of rotatable bonds is 4. The van der Waals surface area contributed by atoms with E-state index in [0.717, 1.165) is 5.92 Å². The highest BCUT2D eigenvalue weighted by Gasteiger charge is 2.38. The van der Waals surface area contributed by atoms with Gasteiger partial charge in [-0.05, 0) is 43.8 Å². The zero-order valence-corrected chi connectivity index (χ0v) is 12.5. The van der Waals surface area contributed by atoms with Crippen LogP contribution in [0.25, 0.3) is 0 Å². The standard InChI is InChI=1S/C17H25NO/c1-12(9-10-19-4)5-6-13(2)16-11-18-17-14(3)7-8-15(16)17/h5-6,9,11,14-15,17H,7-8,10H2,1-4H3/b6-5-,12-9?,16-13+. The van der Waals surface area contributed by atoms with Gasteiger partial charge < -0.3 is 4.74 Å². The van der Waals surface area contributed by atoms with Gasteiger partial charge in [-0.1, -0.05) is 30.7 Å². The molecule has 0 bridgehead atoms. The summed E-state index contributed by atoms with van der Waals surface area (Å²) >= 11 is 0. The van der Waals surface area contributed by atoms with Crippen LogP contribution in [0, 0.1) is 11.8 Å². The minimum Gasteiger partial charge on any atom is -0.381 e. The van der Waals surface area contributed by atoms with Crippen molar-refractivity contribution in [2.24, 2.45) is 16.8 Å². The van der Waals surface area contributed by atoms with Gasteiger partial charge in [0.25, 0.3) is 0 Å². The molecule has 1 aliphatic heterocycles. The summed E-state index contributed by atoms with van der Waals surface area (Å²) in [4.78, 5) is 4.71. The summed E-state index contributed by atoms with van der Waals surface area (Å²) in [6, 6.07) is 0.545. The summed E-state index contributed by atoms with van der Waals surface area (Å²) in [6.07, 6.45) is 11.2. The van der Waals surface area contributed by atoms with Crippen LogP contribution in [0.1, 0.15) is 33.6 Å². The first kappa shape index (κ1) is 14.3. The van der Waals surface area contributed by atoms with Crippen molar-refractivity contribution >= 4 is 6.21 Å². The van der Waals surface area contributed by atoms with Crippen molar-refractivity contribution < 1.29 is 4.74 Å². The normalized spacial score (nSPS) is 33.3. The van der Waals surface area contributed by atoms with E-state index in [9.17, 15) is 0 Å². The molecule has 1 heterocycles. The van der Waals surface area contributed by atoms with Crippen molar-refractivity contribution in [2.75, 3.05) is 13.7 Å². The minimum atomic E-state index is 0.545. The summed E-state index contributed by atoms with van der Waals surface area (Å²) in [6.45, 7) is 7.31. The van der Waals surface area contributed by atoms with Gasteiger partial charge in [0, 0.05) is 19.2 Å². The van der Waals surface area contributed by atoms with E-state index in [-0.39, 0.29) is 0 Å². The fourth-order valence-corrected chi connectivity index (χ4v) is 3.06. The number of aliphatic imine (C=N–C) groups is 1. The van der Waals surface area contributed by atoms with Crippen molar-refractivity contribution in [1.29, 1.82) is 0 Å². The molecule has 1 aliphatic carbocycles. The minimum absolute atomic E-state index is 0.545. The number of hydrogen-bond donors (Lipinski definition) is 0. The average molecular weight is 259 g/mol. The third-order valence-electron chi connectivity index (χ3n) is 4.34. The molecule has 3 unspecified atom stereocenters. The fourth-order valence-electron chi connectivity index (χ4n) is 3.06. The first-order chi connectivity index (χ1) is 9.13. The largest absolute Gasteiger partial charge is 0.381 e. The van der Waals surface area contributed by atoms with Crippen LogP contribution < -0.4 is 0 Å². The zero-order valence-electron chi connectivity index (χ0n) is 12.5. The monoisotopic (exact) mass is 259 g/mol. The first-order valence-electron chi connectivity index (χ1n) is 7.21. The highest BCUT2D eigenvalue weighted by molar-refractivity contribution is 5.84. The van der Waals surface area contributed by atoms with E-state index in [2.05, 4.69) is 45.2 Å². The molecule has 0 amide bonds. The molecular formula is C17H25NO. The van der Waals surface area contributed by atoms with Crippen LogP contribution in [0.4, 0.5) is 0 Å². The molecule has 19 heavy (non-hydrogen) atoms. The van der Waals surface area contributed by atoms with E-state index < -0.39 is 0 Å². The molecule has 0 saturated heterocycles. The van der Waals surface area contributed by atoms with Crippen molar-refractivity contribution in [3.63, 3.8) is 0 Å². The van der Waals surface area contributed by atoms with E-state index >= 15 is 0 Å². The van der Waals surface area contributed by atoms with Gasteiger partial charge >= 0.3 is 0 Å². The molecule has 3 atom stereocenters. The molecular weight excluding hydrogens is 234 g/mol. The molecule has 0 aromatic heterocycles. The molecule has 2 nitrogen and oxygen atoms in total. The summed E-state index contributed by atoms with van der Waals surface area (Å²) in [7, 11) is 1.72. The summed E-state index contributed by atoms with van der Waals surface area (Å²) in [5.41, 5.74) is 4.05. The molecule has 104 valence electrons. The summed E-state index contributed by atoms with van der Waals surface area (Å²) in [5, 5.41) is 0. The Morgan fingerprint density at radius 3 is 2.89 bits per heavy atom. The number of ether oxygens (including phenoxy) is 1. The van der Waals surface area contributed by atoms with E-state index in [4.69, 9.17) is 9.73 Å². The predicted molar refractivity (Wildman–Crippen MR) is 81.6 cm³/mol. The van der Waals surface area contributed by atoms with Gasteiger partial charge in [-0.15, -0.1) is 0 Å². The topological polar surface area (TPSA) is 21.6 Å². The van der Waals surface area contributed by atoms with Gasteiger partial charge in [0.05, 0.1) is 12.6 Å². The Balaban J connectivity index is 2.07. The van der Waals surface area contributed by atoms with Crippen molar-refractivity contribution in [2.45, 2.75) is 39.7 Å². The van der Waals surface area contributed by atoms with Crippen LogP contribution in [0.5, 0.6) is 0 Å². The van der Waals surface area contributed by atoms with Gasteiger partial charge in [-0.3, -0.25) is 4.99 Å². The lowest BCUT2D eigenvalue weighted by Crippen LogP contribution is -2.13. The maximum atomic E-state index is 5.04. The molecule has 2 aliphatic rings. The van der Waals surface area contributed by atoms with Gasteiger partial charge in [0.1, 0.15) is 0 Å². The lowest BCUT2D eigenvalue weighted by molar-refractivity contribution is 0.233. The molecule has 0 radical (unpaired) electrons. The maximum absolute atomic E-state index is 5.04. The maximum Gasteiger partial charge on any atom is 0.0649 e. The zero-order chi connectivity index (χ0) is 13.8. The van der Waals surface area contributed by atoms with Crippen molar-refractivity contribution in [3.8, 4) is 0 Å². The Morgan fingerprint density at radius 2 is 2.16 bits per heavy atom. The van der Waals surface area contributed by atoms with Crippen LogP contribution in [-0.2, 0) is 4.74 Å². The SMILES string of the molecule is COCC=C(C)/C=C\C(C)=C1/C=NC2C(C)CCC12. The predicted octanol–water partition coefficient (Wildman–Crippen LogP) is 3.95. The van der Waals surface area contributed by atoms with Crippen LogP contribution in [0.2, 0.25) is 0 Å².